The summed E-state index contributed by atoms with van der Waals surface area (Å²) in [6, 6.07) is 0.0893. The van der Waals surface area contributed by atoms with Crippen molar-refractivity contribution in [2.75, 3.05) is 27.2 Å². The summed E-state index contributed by atoms with van der Waals surface area (Å²) in [5.41, 5.74) is 5.05. The first-order chi connectivity index (χ1) is 9.90. The lowest BCUT2D eigenvalue weighted by Crippen LogP contribution is -2.60. The Bertz CT molecular complexity index is 413. The zero-order valence-corrected chi connectivity index (χ0v) is 12.8. The van der Waals surface area contributed by atoms with Gasteiger partial charge in [0.1, 0.15) is 5.54 Å². The first-order valence-corrected chi connectivity index (χ1v) is 7.58. The molecule has 3 amide bonds. The van der Waals surface area contributed by atoms with Crippen LogP contribution in [0, 0.1) is 0 Å². The molecule has 2 heterocycles. The monoisotopic (exact) mass is 298 g/mol. The van der Waals surface area contributed by atoms with E-state index in [1.54, 1.807) is 14.1 Å². The van der Waals surface area contributed by atoms with Gasteiger partial charge in [-0.15, -0.1) is 0 Å². The molecule has 3 atom stereocenters. The van der Waals surface area contributed by atoms with Gasteiger partial charge in [-0.2, -0.15) is 0 Å². The maximum Gasteiger partial charge on any atom is 0.316 e. The number of carbonyl (C=O) groups is 2. The van der Waals surface area contributed by atoms with Crippen LogP contribution in [0.4, 0.5) is 4.79 Å². The number of nitrogens with one attached hydrogen (secondary N) is 1. The van der Waals surface area contributed by atoms with Crippen LogP contribution in [-0.2, 0) is 4.79 Å². The Kier molecular flexibility index (Phi) is 4.73. The van der Waals surface area contributed by atoms with E-state index in [-0.39, 0.29) is 18.5 Å². The van der Waals surface area contributed by atoms with E-state index in [1.807, 2.05) is 0 Å². The maximum absolute atomic E-state index is 11.9. The van der Waals surface area contributed by atoms with E-state index in [4.69, 9.17) is 5.73 Å². The fourth-order valence-electron chi connectivity index (χ4n) is 3.84. The molecular weight excluding hydrogens is 272 g/mol. The van der Waals surface area contributed by atoms with E-state index >= 15 is 0 Å². The van der Waals surface area contributed by atoms with Gasteiger partial charge in [0.2, 0.25) is 5.91 Å². The minimum Gasteiger partial charge on any atom is -0.390 e. The topological polar surface area (TPSA) is 98.9 Å². The van der Waals surface area contributed by atoms with E-state index in [0.29, 0.717) is 12.6 Å². The lowest BCUT2D eigenvalue weighted by atomic mass is 9.87. The van der Waals surface area contributed by atoms with Crippen LogP contribution < -0.4 is 11.1 Å². The zero-order chi connectivity index (χ0) is 15.6. The smallest absolute Gasteiger partial charge is 0.316 e. The number of β-amino-alcohol motifs (C(OH)–C–C–N with tert-alkyl or cyclic N) is 1. The Labute approximate surface area is 125 Å². The van der Waals surface area contributed by atoms with Gasteiger partial charge >= 0.3 is 6.03 Å². The summed E-state index contributed by atoms with van der Waals surface area (Å²) in [6.07, 6.45) is 3.89. The number of likely N-dealkylation sites (N-methyl/N-ethyl adjacent to an activating group) is 1. The molecular formula is C14H26N4O3. The summed E-state index contributed by atoms with van der Waals surface area (Å²) in [4.78, 5) is 26.9. The van der Waals surface area contributed by atoms with E-state index in [1.165, 1.54) is 4.90 Å². The predicted molar refractivity (Wildman–Crippen MR) is 78.6 cm³/mol. The van der Waals surface area contributed by atoms with Crippen molar-refractivity contribution in [2.45, 2.75) is 49.8 Å². The summed E-state index contributed by atoms with van der Waals surface area (Å²) in [7, 11) is 3.19. The fraction of sp³-hybridized carbons (Fsp3) is 0.857. The Balaban J connectivity index is 2.01. The number of rotatable bonds is 5. The molecule has 0 aromatic carbocycles. The molecule has 2 bridgehead atoms. The van der Waals surface area contributed by atoms with Crippen LogP contribution in [0.2, 0.25) is 0 Å². The molecule has 7 heteroatoms. The third-order valence-corrected chi connectivity index (χ3v) is 4.92. The van der Waals surface area contributed by atoms with Crippen LogP contribution in [-0.4, -0.2) is 71.7 Å². The molecule has 2 aliphatic rings. The van der Waals surface area contributed by atoms with Crippen LogP contribution in [0.3, 0.4) is 0 Å². The number of hydrogen-bond donors (Lipinski definition) is 3. The molecule has 0 aromatic rings. The first-order valence-electron chi connectivity index (χ1n) is 7.58. The SMILES string of the molecule is CNC(=O)N(C)CC(O)CN1[C@@H]2CCC[C@@]1(C(N)=O)CC2. The standard InChI is InChI=1S/C14H26N4O3/c1-16-13(21)17(2)8-11(19)9-18-10-4-3-6-14(18,7-5-10)12(15)20/h10-11,19H,3-9H2,1-2H3,(H2,15,20)(H,16,21)/t10-,11?,14+/m1/s1. The van der Waals surface area contributed by atoms with E-state index < -0.39 is 11.6 Å². The van der Waals surface area contributed by atoms with Crippen molar-refractivity contribution in [2.24, 2.45) is 5.73 Å². The number of aliphatic hydroxyl groups excluding tert-OH is 1. The van der Waals surface area contributed by atoms with E-state index in [9.17, 15) is 14.7 Å². The number of amides is 3. The number of piperidine rings is 1. The van der Waals surface area contributed by atoms with Gasteiger partial charge in [-0.05, 0) is 32.1 Å². The number of carbonyl (C=O) groups excluding carboxylic acids is 2. The van der Waals surface area contributed by atoms with Crippen molar-refractivity contribution in [3.05, 3.63) is 0 Å². The lowest BCUT2D eigenvalue weighted by Gasteiger charge is -2.43. The average molecular weight is 298 g/mol. The lowest BCUT2D eigenvalue weighted by molar-refractivity contribution is -0.132. The highest BCUT2D eigenvalue weighted by Crippen LogP contribution is 2.43. The van der Waals surface area contributed by atoms with Crippen LogP contribution in [0.5, 0.6) is 0 Å². The second kappa shape index (κ2) is 6.19. The van der Waals surface area contributed by atoms with Gasteiger partial charge in [-0.25, -0.2) is 4.79 Å². The first kappa shape index (κ1) is 16.0. The van der Waals surface area contributed by atoms with Crippen molar-refractivity contribution >= 4 is 11.9 Å². The van der Waals surface area contributed by atoms with Crippen LogP contribution >= 0.6 is 0 Å². The molecule has 1 unspecified atom stereocenters. The third kappa shape index (κ3) is 2.98. The Morgan fingerprint density at radius 1 is 1.48 bits per heavy atom. The largest absolute Gasteiger partial charge is 0.390 e. The molecule has 0 aromatic heterocycles. The Morgan fingerprint density at radius 2 is 2.19 bits per heavy atom. The predicted octanol–water partition coefficient (Wildman–Crippen LogP) is -0.509. The molecule has 4 N–H and O–H groups in total. The highest BCUT2D eigenvalue weighted by molar-refractivity contribution is 5.85. The average Bonchev–Trinajstić information content (AvgIpc) is 2.65. The number of nitrogens with two attached hydrogens (primary N) is 1. The summed E-state index contributed by atoms with van der Waals surface area (Å²) in [5, 5.41) is 12.8. The number of fused-ring (bicyclic) bond motifs is 2. The number of hydrogen-bond acceptors (Lipinski definition) is 4. The highest BCUT2D eigenvalue weighted by Gasteiger charge is 2.52. The normalized spacial score (nSPS) is 30.0. The van der Waals surface area contributed by atoms with Crippen molar-refractivity contribution in [3.63, 3.8) is 0 Å². The second-order valence-electron chi connectivity index (χ2n) is 6.22. The Morgan fingerprint density at radius 3 is 2.81 bits per heavy atom. The van der Waals surface area contributed by atoms with Crippen LogP contribution in [0.1, 0.15) is 32.1 Å². The minimum absolute atomic E-state index is 0.234. The third-order valence-electron chi connectivity index (χ3n) is 4.92. The van der Waals surface area contributed by atoms with Gasteiger partial charge in [-0.3, -0.25) is 9.69 Å². The number of aliphatic hydroxyl groups is 1. The maximum atomic E-state index is 11.9. The molecule has 0 saturated carbocycles. The molecule has 2 rings (SSSR count). The zero-order valence-electron chi connectivity index (χ0n) is 12.8. The van der Waals surface area contributed by atoms with Crippen molar-refractivity contribution in [1.29, 1.82) is 0 Å². The van der Waals surface area contributed by atoms with Gasteiger partial charge in [0.25, 0.3) is 0 Å². The summed E-state index contributed by atoms with van der Waals surface area (Å²) >= 11 is 0. The van der Waals surface area contributed by atoms with E-state index in [2.05, 4.69) is 10.2 Å². The summed E-state index contributed by atoms with van der Waals surface area (Å²) in [5.74, 6) is -0.281. The van der Waals surface area contributed by atoms with Crippen LogP contribution in [0.15, 0.2) is 0 Å². The molecule has 7 nitrogen and oxygen atoms in total. The second-order valence-corrected chi connectivity index (χ2v) is 6.22. The molecule has 0 aliphatic carbocycles. The quantitative estimate of drug-likeness (QED) is 0.636. The molecule has 2 fully saturated rings. The molecule has 2 aliphatic heterocycles. The molecule has 21 heavy (non-hydrogen) atoms. The van der Waals surface area contributed by atoms with Gasteiger partial charge in [-0.1, -0.05) is 0 Å². The van der Waals surface area contributed by atoms with Crippen molar-refractivity contribution < 1.29 is 14.7 Å². The molecule has 0 radical (unpaired) electrons. The van der Waals surface area contributed by atoms with Gasteiger partial charge in [0, 0.05) is 33.2 Å². The number of nitrogens with zero attached hydrogens (tertiary/aromatic N) is 2. The van der Waals surface area contributed by atoms with E-state index in [0.717, 1.165) is 32.1 Å². The van der Waals surface area contributed by atoms with Gasteiger partial charge < -0.3 is 21.1 Å². The van der Waals surface area contributed by atoms with Crippen molar-refractivity contribution in [1.82, 2.24) is 15.1 Å². The molecule has 0 spiro atoms. The highest BCUT2D eigenvalue weighted by atomic mass is 16.3. The number of urea groups is 1. The summed E-state index contributed by atoms with van der Waals surface area (Å²) < 4.78 is 0. The van der Waals surface area contributed by atoms with Crippen LogP contribution in [0.25, 0.3) is 0 Å². The van der Waals surface area contributed by atoms with Gasteiger partial charge in [0.05, 0.1) is 6.10 Å². The minimum atomic E-state index is -0.690. The molecule has 2 saturated heterocycles. The fourth-order valence-corrected chi connectivity index (χ4v) is 3.84. The Hall–Kier alpha value is -1.34. The summed E-state index contributed by atoms with van der Waals surface area (Å²) in [6.45, 7) is 0.618. The van der Waals surface area contributed by atoms with Gasteiger partial charge in [0.15, 0.2) is 0 Å². The van der Waals surface area contributed by atoms with Crippen molar-refractivity contribution in [3.8, 4) is 0 Å². The number of primary amides is 1. The molecule has 120 valence electrons.